The van der Waals surface area contributed by atoms with Crippen molar-refractivity contribution in [3.05, 3.63) is 29.5 Å². The van der Waals surface area contributed by atoms with Gasteiger partial charge in [-0.3, -0.25) is 19.1 Å². The molecule has 0 spiro atoms. The number of sulfonamides is 1. The Balaban J connectivity index is 1.66. The van der Waals surface area contributed by atoms with Gasteiger partial charge in [-0.2, -0.15) is 5.10 Å². The second-order valence-electron chi connectivity index (χ2n) is 7.51. The van der Waals surface area contributed by atoms with Gasteiger partial charge in [-0.05, 0) is 25.1 Å². The van der Waals surface area contributed by atoms with Gasteiger partial charge in [0.25, 0.3) is 10.0 Å². The smallest absolute Gasteiger partial charge is 0.409 e. The van der Waals surface area contributed by atoms with Crippen molar-refractivity contribution in [2.75, 3.05) is 35.9 Å². The lowest BCUT2D eigenvalue weighted by molar-refractivity contribution is -0.139. The van der Waals surface area contributed by atoms with Crippen LogP contribution >= 0.6 is 11.6 Å². The van der Waals surface area contributed by atoms with E-state index in [-0.39, 0.29) is 52.1 Å². The third-order valence-electron chi connectivity index (χ3n) is 5.23. The molecule has 1 saturated heterocycles. The van der Waals surface area contributed by atoms with Crippen LogP contribution in [0.5, 0.6) is 5.75 Å². The van der Waals surface area contributed by atoms with Crippen LogP contribution in [-0.4, -0.2) is 67.7 Å². The molecule has 1 atom stereocenters. The molecule has 2 aromatic rings. The Kier molecular flexibility index (Phi) is 6.36. The first-order valence-corrected chi connectivity index (χ1v) is 11.9. The molecule has 1 fully saturated rings. The number of benzene rings is 1. The van der Waals surface area contributed by atoms with Crippen molar-refractivity contribution in [2.24, 2.45) is 5.92 Å². The van der Waals surface area contributed by atoms with E-state index in [0.29, 0.717) is 19.8 Å². The molecule has 4 rings (SSSR count). The molecule has 178 valence electrons. The number of ether oxygens (including phenoxy) is 2. The third kappa shape index (κ3) is 4.70. The highest BCUT2D eigenvalue weighted by molar-refractivity contribution is 7.93. The topological polar surface area (TPSA) is 152 Å². The van der Waals surface area contributed by atoms with Gasteiger partial charge in [0.2, 0.25) is 5.91 Å². The maximum absolute atomic E-state index is 13.6. The van der Waals surface area contributed by atoms with Gasteiger partial charge in [-0.1, -0.05) is 11.6 Å². The molecule has 33 heavy (non-hydrogen) atoms. The number of hydrogen-bond donors (Lipinski definition) is 3. The highest BCUT2D eigenvalue weighted by Gasteiger charge is 2.37. The molecule has 2 aliphatic heterocycles. The molecule has 12 nitrogen and oxygen atoms in total. The standard InChI is InChI=1S/C19H22ClN5O7S/c1-2-24-8-16(17(20)23-24)33(29,30)25-7-13(6-21-18(26)11-9-31-10-11)32-15-4-3-12(5-14(15)25)22-19(27)28/h3-5,8,11,13,22H,2,6-7,9-10H2,1H3,(H,21,26)(H,27,28). The zero-order chi connectivity index (χ0) is 23.8. The van der Waals surface area contributed by atoms with Gasteiger partial charge in [0.15, 0.2) is 5.15 Å². The van der Waals surface area contributed by atoms with Gasteiger partial charge < -0.3 is 19.9 Å². The van der Waals surface area contributed by atoms with Crippen LogP contribution in [0.15, 0.2) is 29.3 Å². The number of nitrogens with one attached hydrogen (secondary N) is 2. The van der Waals surface area contributed by atoms with Crippen molar-refractivity contribution in [2.45, 2.75) is 24.5 Å². The van der Waals surface area contributed by atoms with E-state index in [1.165, 1.54) is 29.1 Å². The summed E-state index contributed by atoms with van der Waals surface area (Å²) in [5, 5.41) is 17.8. The minimum absolute atomic E-state index is 0.0673. The summed E-state index contributed by atoms with van der Waals surface area (Å²) in [6.45, 7) is 2.83. The second kappa shape index (κ2) is 9.08. The van der Waals surface area contributed by atoms with Crippen molar-refractivity contribution < 1.29 is 32.6 Å². The SMILES string of the molecule is CCn1cc(S(=O)(=O)N2CC(CNC(=O)C3COC3)Oc3ccc(NC(=O)O)cc32)c(Cl)n1. The number of carboxylic acid groups (broad SMARTS) is 1. The summed E-state index contributed by atoms with van der Waals surface area (Å²) in [6, 6.07) is 4.28. The average Bonchev–Trinajstić information content (AvgIpc) is 3.11. The molecule has 14 heteroatoms. The number of aromatic nitrogens is 2. The molecule has 0 radical (unpaired) electrons. The first-order chi connectivity index (χ1) is 15.7. The molecule has 0 aliphatic carbocycles. The van der Waals surface area contributed by atoms with Crippen LogP contribution in [0.25, 0.3) is 0 Å². The van der Waals surface area contributed by atoms with Gasteiger partial charge in [0, 0.05) is 18.4 Å². The zero-order valence-corrected chi connectivity index (χ0v) is 19.1. The average molecular weight is 500 g/mol. The van der Waals surface area contributed by atoms with E-state index in [1.54, 1.807) is 6.92 Å². The van der Waals surface area contributed by atoms with Crippen LogP contribution in [0.1, 0.15) is 6.92 Å². The highest BCUT2D eigenvalue weighted by Crippen LogP contribution is 2.39. The van der Waals surface area contributed by atoms with Gasteiger partial charge in [0.1, 0.15) is 16.7 Å². The number of amides is 2. The van der Waals surface area contributed by atoms with Crippen LogP contribution in [0.4, 0.5) is 16.2 Å². The van der Waals surface area contributed by atoms with E-state index in [9.17, 15) is 18.0 Å². The van der Waals surface area contributed by atoms with Crippen LogP contribution in [-0.2, 0) is 26.1 Å². The maximum Gasteiger partial charge on any atom is 0.409 e. The number of anilines is 2. The van der Waals surface area contributed by atoms with Gasteiger partial charge in [0.05, 0.1) is 37.9 Å². The van der Waals surface area contributed by atoms with Crippen molar-refractivity contribution >= 4 is 45.0 Å². The minimum atomic E-state index is -4.19. The summed E-state index contributed by atoms with van der Waals surface area (Å²) in [7, 11) is -4.19. The number of fused-ring (bicyclic) bond motifs is 1. The molecule has 3 N–H and O–H groups in total. The van der Waals surface area contributed by atoms with E-state index in [4.69, 9.17) is 26.2 Å². The molecule has 0 bridgehead atoms. The molecular formula is C19H22ClN5O7S. The molecule has 1 aromatic heterocycles. The van der Waals surface area contributed by atoms with Crippen molar-refractivity contribution in [1.82, 2.24) is 15.1 Å². The molecular weight excluding hydrogens is 478 g/mol. The zero-order valence-electron chi connectivity index (χ0n) is 17.5. The van der Waals surface area contributed by atoms with E-state index in [1.807, 2.05) is 0 Å². The predicted octanol–water partition coefficient (Wildman–Crippen LogP) is 1.37. The first kappa shape index (κ1) is 23.1. The van der Waals surface area contributed by atoms with Crippen LogP contribution in [0.2, 0.25) is 5.15 Å². The fraction of sp³-hybridized carbons (Fsp3) is 0.421. The summed E-state index contributed by atoms with van der Waals surface area (Å²) in [5.74, 6) is -0.214. The highest BCUT2D eigenvalue weighted by atomic mass is 35.5. The lowest BCUT2D eigenvalue weighted by atomic mass is 10.1. The first-order valence-electron chi connectivity index (χ1n) is 10.1. The molecule has 1 unspecified atom stereocenters. The van der Waals surface area contributed by atoms with E-state index < -0.39 is 22.2 Å². The Morgan fingerprint density at radius 3 is 2.70 bits per heavy atom. The number of carbonyl (C=O) groups excluding carboxylic acids is 1. The van der Waals surface area contributed by atoms with Crippen LogP contribution in [0, 0.1) is 5.92 Å². The van der Waals surface area contributed by atoms with Crippen molar-refractivity contribution in [1.29, 1.82) is 0 Å². The van der Waals surface area contributed by atoms with Crippen LogP contribution < -0.4 is 19.7 Å². The Bertz CT molecular complexity index is 1180. The predicted molar refractivity (Wildman–Crippen MR) is 117 cm³/mol. The van der Waals surface area contributed by atoms with Crippen LogP contribution in [0.3, 0.4) is 0 Å². The number of halogens is 1. The summed E-state index contributed by atoms with van der Waals surface area (Å²) in [5.41, 5.74) is 0.300. The Labute approximate surface area is 194 Å². The van der Waals surface area contributed by atoms with Gasteiger partial charge in [-0.25, -0.2) is 13.2 Å². The maximum atomic E-state index is 13.6. The summed E-state index contributed by atoms with van der Waals surface area (Å²) in [6.07, 6.45) is -0.663. The lowest BCUT2D eigenvalue weighted by Crippen LogP contribution is -2.50. The fourth-order valence-corrected chi connectivity index (χ4v) is 5.37. The second-order valence-corrected chi connectivity index (χ2v) is 9.70. The largest absolute Gasteiger partial charge is 0.484 e. The Hall–Kier alpha value is -3.03. The summed E-state index contributed by atoms with van der Waals surface area (Å²) in [4.78, 5) is 23.0. The minimum Gasteiger partial charge on any atom is -0.484 e. The Morgan fingerprint density at radius 2 is 2.09 bits per heavy atom. The monoisotopic (exact) mass is 499 g/mol. The number of rotatable bonds is 7. The van der Waals surface area contributed by atoms with Crippen molar-refractivity contribution in [3.8, 4) is 5.75 Å². The number of aryl methyl sites for hydroxylation is 1. The normalized spacial score (nSPS) is 18.1. The van der Waals surface area contributed by atoms with E-state index in [2.05, 4.69) is 15.7 Å². The fourth-order valence-electron chi connectivity index (χ4n) is 3.43. The number of carbonyl (C=O) groups is 2. The molecule has 0 saturated carbocycles. The molecule has 1 aromatic carbocycles. The molecule has 3 heterocycles. The quantitative estimate of drug-likeness (QED) is 0.516. The summed E-state index contributed by atoms with van der Waals surface area (Å²) < 4.78 is 40.6. The molecule has 2 amide bonds. The van der Waals surface area contributed by atoms with Gasteiger partial charge >= 0.3 is 6.09 Å². The van der Waals surface area contributed by atoms with Gasteiger partial charge in [-0.15, -0.1) is 0 Å². The lowest BCUT2D eigenvalue weighted by Gasteiger charge is -2.36. The third-order valence-corrected chi connectivity index (χ3v) is 7.40. The number of hydrogen-bond acceptors (Lipinski definition) is 7. The number of nitrogens with zero attached hydrogens (tertiary/aromatic N) is 3. The van der Waals surface area contributed by atoms with E-state index in [0.717, 1.165) is 4.31 Å². The summed E-state index contributed by atoms with van der Waals surface area (Å²) >= 11 is 6.12. The van der Waals surface area contributed by atoms with E-state index >= 15 is 0 Å². The molecule has 2 aliphatic rings. The Morgan fingerprint density at radius 1 is 1.33 bits per heavy atom. The van der Waals surface area contributed by atoms with Crippen molar-refractivity contribution in [3.63, 3.8) is 0 Å².